The lowest BCUT2D eigenvalue weighted by atomic mass is 10.0. The first-order valence-corrected chi connectivity index (χ1v) is 6.35. The van der Waals surface area contributed by atoms with Gasteiger partial charge in [0.2, 0.25) is 0 Å². The van der Waals surface area contributed by atoms with Gasteiger partial charge in [0.05, 0.1) is 5.52 Å². The molecule has 0 N–H and O–H groups in total. The van der Waals surface area contributed by atoms with Crippen molar-refractivity contribution in [1.82, 2.24) is 9.47 Å². The van der Waals surface area contributed by atoms with Crippen molar-refractivity contribution in [2.45, 2.75) is 20.3 Å². The van der Waals surface area contributed by atoms with Gasteiger partial charge in [0, 0.05) is 26.0 Å². The number of amides is 1. The lowest BCUT2D eigenvalue weighted by Gasteiger charge is -2.23. The van der Waals surface area contributed by atoms with Crippen LogP contribution < -0.4 is 0 Å². The second-order valence-electron chi connectivity index (χ2n) is 5.27. The predicted molar refractivity (Wildman–Crippen MR) is 73.1 cm³/mol. The summed E-state index contributed by atoms with van der Waals surface area (Å²) in [5.74, 6) is 0.145. The fraction of sp³-hybridized carbons (Fsp3) is 0.400. The zero-order chi connectivity index (χ0) is 13.0. The second kappa shape index (κ2) is 3.61. The highest BCUT2D eigenvalue weighted by atomic mass is 16.2. The number of nitrogens with zero attached hydrogens (tertiary/aromatic N) is 2. The van der Waals surface area contributed by atoms with Crippen LogP contribution in [-0.4, -0.2) is 29.0 Å². The number of aryl methyl sites for hydroxylation is 3. The molecule has 1 aliphatic heterocycles. The molecule has 2 aromatic rings. The van der Waals surface area contributed by atoms with Crippen LogP contribution in [0.1, 0.15) is 27.2 Å². The lowest BCUT2D eigenvalue weighted by Crippen LogP contribution is -2.35. The van der Waals surface area contributed by atoms with Gasteiger partial charge in [-0.1, -0.05) is 12.1 Å². The highest BCUT2D eigenvalue weighted by Crippen LogP contribution is 2.32. The largest absolute Gasteiger partial charge is 0.340 e. The van der Waals surface area contributed by atoms with Gasteiger partial charge in [-0.05, 0) is 37.0 Å². The van der Waals surface area contributed by atoms with E-state index in [1.165, 1.54) is 27.6 Å². The van der Waals surface area contributed by atoms with Gasteiger partial charge in [0.15, 0.2) is 0 Å². The molecule has 3 heteroatoms. The van der Waals surface area contributed by atoms with Crippen molar-refractivity contribution < 1.29 is 4.79 Å². The van der Waals surface area contributed by atoms with E-state index >= 15 is 0 Å². The summed E-state index contributed by atoms with van der Waals surface area (Å²) in [6, 6.07) is 4.32. The SMILES string of the molecule is Cc1ccc2c3c(n(C)c2c1C)C(=O)N(C)CC3. The Morgan fingerprint density at radius 2 is 1.89 bits per heavy atom. The minimum atomic E-state index is 0.145. The average molecular weight is 242 g/mol. The van der Waals surface area contributed by atoms with E-state index in [4.69, 9.17) is 0 Å². The summed E-state index contributed by atoms with van der Waals surface area (Å²) in [7, 11) is 3.88. The molecule has 0 saturated heterocycles. The van der Waals surface area contributed by atoms with Crippen molar-refractivity contribution >= 4 is 16.8 Å². The molecule has 0 aliphatic carbocycles. The monoisotopic (exact) mass is 242 g/mol. The Hall–Kier alpha value is -1.77. The molecule has 1 aromatic carbocycles. The van der Waals surface area contributed by atoms with Crippen molar-refractivity contribution in [2.24, 2.45) is 7.05 Å². The highest BCUT2D eigenvalue weighted by Gasteiger charge is 2.28. The van der Waals surface area contributed by atoms with Crippen LogP contribution in [0.2, 0.25) is 0 Å². The van der Waals surface area contributed by atoms with Crippen LogP contribution in [0.15, 0.2) is 12.1 Å². The Balaban J connectivity index is 2.44. The second-order valence-corrected chi connectivity index (χ2v) is 5.27. The van der Waals surface area contributed by atoms with Gasteiger partial charge >= 0.3 is 0 Å². The molecule has 1 aliphatic rings. The number of likely N-dealkylation sites (N-methyl/N-ethyl adjacent to an activating group) is 1. The molecule has 18 heavy (non-hydrogen) atoms. The number of aromatic nitrogens is 1. The topological polar surface area (TPSA) is 25.2 Å². The normalized spacial score (nSPS) is 15.3. The lowest BCUT2D eigenvalue weighted by molar-refractivity contribution is 0.0771. The Bertz CT molecular complexity index is 667. The Labute approximate surface area is 107 Å². The van der Waals surface area contributed by atoms with Crippen LogP contribution in [0.25, 0.3) is 10.9 Å². The van der Waals surface area contributed by atoms with Gasteiger partial charge in [0.1, 0.15) is 5.69 Å². The van der Waals surface area contributed by atoms with Crippen LogP contribution in [0.4, 0.5) is 0 Å². The van der Waals surface area contributed by atoms with Gasteiger partial charge in [-0.2, -0.15) is 0 Å². The van der Waals surface area contributed by atoms with Crippen molar-refractivity contribution in [3.8, 4) is 0 Å². The van der Waals surface area contributed by atoms with Gasteiger partial charge in [-0.3, -0.25) is 4.79 Å². The quantitative estimate of drug-likeness (QED) is 0.696. The summed E-state index contributed by atoms with van der Waals surface area (Å²) in [6.07, 6.45) is 0.956. The number of benzene rings is 1. The van der Waals surface area contributed by atoms with E-state index in [2.05, 4.69) is 30.5 Å². The fourth-order valence-electron chi connectivity index (χ4n) is 3.01. The van der Waals surface area contributed by atoms with Crippen LogP contribution >= 0.6 is 0 Å². The molecule has 2 heterocycles. The van der Waals surface area contributed by atoms with Crippen LogP contribution in [0.5, 0.6) is 0 Å². The van der Waals surface area contributed by atoms with Crippen LogP contribution in [0.3, 0.4) is 0 Å². The third-order valence-corrected chi connectivity index (χ3v) is 4.23. The van der Waals surface area contributed by atoms with E-state index in [0.29, 0.717) is 0 Å². The van der Waals surface area contributed by atoms with Crippen LogP contribution in [0, 0.1) is 13.8 Å². The van der Waals surface area contributed by atoms with Crippen molar-refractivity contribution in [3.63, 3.8) is 0 Å². The molecule has 1 aromatic heterocycles. The molecule has 1 amide bonds. The Kier molecular flexibility index (Phi) is 2.27. The highest BCUT2D eigenvalue weighted by molar-refractivity contribution is 6.03. The molecule has 94 valence electrons. The predicted octanol–water partition coefficient (Wildman–Crippen LogP) is 2.42. The zero-order valence-electron chi connectivity index (χ0n) is 11.4. The summed E-state index contributed by atoms with van der Waals surface area (Å²) in [4.78, 5) is 14.1. The molecule has 0 unspecified atom stereocenters. The van der Waals surface area contributed by atoms with Crippen molar-refractivity contribution in [2.75, 3.05) is 13.6 Å². The molecule has 3 nitrogen and oxygen atoms in total. The van der Waals surface area contributed by atoms with Crippen molar-refractivity contribution in [3.05, 3.63) is 34.5 Å². The summed E-state index contributed by atoms with van der Waals surface area (Å²) in [5, 5.41) is 1.25. The first-order chi connectivity index (χ1) is 8.52. The first-order valence-electron chi connectivity index (χ1n) is 6.35. The fourth-order valence-corrected chi connectivity index (χ4v) is 3.01. The van der Waals surface area contributed by atoms with Gasteiger partial charge in [-0.25, -0.2) is 0 Å². The maximum Gasteiger partial charge on any atom is 0.270 e. The third kappa shape index (κ3) is 1.27. The van der Waals surface area contributed by atoms with Gasteiger partial charge in [-0.15, -0.1) is 0 Å². The van der Waals surface area contributed by atoms with E-state index in [9.17, 15) is 4.79 Å². The number of hydrogen-bond donors (Lipinski definition) is 0. The Morgan fingerprint density at radius 3 is 2.61 bits per heavy atom. The average Bonchev–Trinajstić information content (AvgIpc) is 2.63. The van der Waals surface area contributed by atoms with E-state index in [-0.39, 0.29) is 5.91 Å². The first kappa shape index (κ1) is 11.3. The van der Waals surface area contributed by atoms with E-state index in [0.717, 1.165) is 18.7 Å². The smallest absolute Gasteiger partial charge is 0.270 e. The summed E-state index contributed by atoms with van der Waals surface area (Å²) in [6.45, 7) is 5.07. The number of carbonyl (C=O) groups is 1. The summed E-state index contributed by atoms with van der Waals surface area (Å²) in [5.41, 5.74) is 5.86. The maximum absolute atomic E-state index is 12.3. The zero-order valence-corrected chi connectivity index (χ0v) is 11.4. The number of carbonyl (C=O) groups excluding carboxylic acids is 1. The molecular weight excluding hydrogens is 224 g/mol. The number of rotatable bonds is 0. The number of hydrogen-bond acceptors (Lipinski definition) is 1. The molecule has 0 radical (unpaired) electrons. The molecular formula is C15H18N2O. The molecule has 0 atom stereocenters. The van der Waals surface area contributed by atoms with E-state index in [1.807, 2.05) is 19.0 Å². The van der Waals surface area contributed by atoms with Crippen molar-refractivity contribution in [1.29, 1.82) is 0 Å². The van der Waals surface area contributed by atoms with Gasteiger partial charge in [0.25, 0.3) is 5.91 Å². The maximum atomic E-state index is 12.3. The molecule has 0 saturated carbocycles. The Morgan fingerprint density at radius 1 is 1.17 bits per heavy atom. The summed E-state index contributed by atoms with van der Waals surface area (Å²) >= 11 is 0. The third-order valence-electron chi connectivity index (χ3n) is 4.23. The molecule has 3 rings (SSSR count). The molecule has 0 spiro atoms. The molecule has 0 fully saturated rings. The molecule has 0 bridgehead atoms. The van der Waals surface area contributed by atoms with Crippen LogP contribution in [-0.2, 0) is 13.5 Å². The van der Waals surface area contributed by atoms with E-state index in [1.54, 1.807) is 0 Å². The standard InChI is InChI=1S/C15H18N2O/c1-9-5-6-11-12-7-8-16(3)15(18)14(12)17(4)13(11)10(9)2/h5-6H,7-8H2,1-4H3. The minimum Gasteiger partial charge on any atom is -0.340 e. The van der Waals surface area contributed by atoms with E-state index < -0.39 is 0 Å². The number of fused-ring (bicyclic) bond motifs is 3. The summed E-state index contributed by atoms with van der Waals surface area (Å²) < 4.78 is 2.07. The minimum absolute atomic E-state index is 0.145. The van der Waals surface area contributed by atoms with Gasteiger partial charge < -0.3 is 9.47 Å².